The van der Waals surface area contributed by atoms with Crippen LogP contribution >= 0.6 is 23.2 Å². The van der Waals surface area contributed by atoms with Crippen LogP contribution < -0.4 is 0 Å². The lowest BCUT2D eigenvalue weighted by atomic mass is 10.2. The zero-order valence-corrected chi connectivity index (χ0v) is 9.63. The monoisotopic (exact) mass is 241 g/mol. The van der Waals surface area contributed by atoms with E-state index < -0.39 is 0 Å². The molecule has 0 saturated carbocycles. The minimum Gasteiger partial charge on any atom is -0.313 e. The summed E-state index contributed by atoms with van der Waals surface area (Å²) >= 11 is 11.5. The molecule has 78 valence electrons. The third-order valence-electron chi connectivity index (χ3n) is 2.19. The number of benzene rings is 1. The van der Waals surface area contributed by atoms with E-state index in [9.17, 15) is 0 Å². The lowest BCUT2D eigenvalue weighted by Gasteiger charge is -2.01. The molecule has 1 heterocycles. The largest absolute Gasteiger partial charge is 0.313 e. The van der Waals surface area contributed by atoms with Gasteiger partial charge >= 0.3 is 0 Å². The van der Waals surface area contributed by atoms with Crippen LogP contribution in [0, 0.1) is 0 Å². The molecule has 0 aliphatic heterocycles. The topological polar surface area (TPSA) is 30.7 Å². The quantitative estimate of drug-likeness (QED) is 0.758. The van der Waals surface area contributed by atoms with E-state index in [1.54, 1.807) is 0 Å². The van der Waals surface area contributed by atoms with E-state index in [2.05, 4.69) is 10.2 Å². The molecule has 0 bridgehead atoms. The predicted octanol–water partition coefficient (Wildman–Crippen LogP) is 2.87. The van der Waals surface area contributed by atoms with E-state index in [1.807, 2.05) is 35.9 Å². The molecular formula is C10H9Cl2N3. The summed E-state index contributed by atoms with van der Waals surface area (Å²) in [5, 5.41) is 8.76. The van der Waals surface area contributed by atoms with E-state index in [0.29, 0.717) is 10.9 Å². The van der Waals surface area contributed by atoms with Crippen LogP contribution in [0.15, 0.2) is 24.3 Å². The zero-order chi connectivity index (χ0) is 10.8. The molecule has 0 atom stereocenters. The highest BCUT2D eigenvalue weighted by molar-refractivity contribution is 6.30. The highest BCUT2D eigenvalue weighted by Crippen LogP contribution is 2.20. The lowest BCUT2D eigenvalue weighted by molar-refractivity contribution is 0.853. The fourth-order valence-corrected chi connectivity index (χ4v) is 1.69. The Morgan fingerprint density at radius 1 is 1.20 bits per heavy atom. The van der Waals surface area contributed by atoms with Gasteiger partial charge in [-0.15, -0.1) is 21.8 Å². The summed E-state index contributed by atoms with van der Waals surface area (Å²) in [5.41, 5.74) is 0.978. The van der Waals surface area contributed by atoms with Gasteiger partial charge in [-0.1, -0.05) is 11.6 Å². The Hall–Kier alpha value is -1.06. The average Bonchev–Trinajstić information content (AvgIpc) is 2.61. The van der Waals surface area contributed by atoms with Crippen LogP contribution in [0.3, 0.4) is 0 Å². The van der Waals surface area contributed by atoms with Gasteiger partial charge in [0.05, 0.1) is 5.88 Å². The Labute approximate surface area is 97.7 Å². The Balaban J connectivity index is 2.45. The van der Waals surface area contributed by atoms with Crippen LogP contribution in [0.2, 0.25) is 5.02 Å². The molecule has 0 unspecified atom stereocenters. The summed E-state index contributed by atoms with van der Waals surface area (Å²) in [4.78, 5) is 0. The predicted molar refractivity (Wildman–Crippen MR) is 61.0 cm³/mol. The molecule has 5 heteroatoms. The second kappa shape index (κ2) is 4.21. The Kier molecular flexibility index (Phi) is 2.93. The van der Waals surface area contributed by atoms with Crippen molar-refractivity contribution >= 4 is 23.2 Å². The maximum absolute atomic E-state index is 5.81. The number of aromatic nitrogens is 3. The van der Waals surface area contributed by atoms with Crippen molar-refractivity contribution in [1.82, 2.24) is 14.8 Å². The minimum atomic E-state index is 0.358. The fourth-order valence-electron chi connectivity index (χ4n) is 1.33. The Morgan fingerprint density at radius 2 is 1.87 bits per heavy atom. The molecule has 2 rings (SSSR count). The van der Waals surface area contributed by atoms with Crippen LogP contribution in [-0.2, 0) is 12.9 Å². The molecule has 1 aromatic heterocycles. The van der Waals surface area contributed by atoms with Gasteiger partial charge in [-0.05, 0) is 24.3 Å². The lowest BCUT2D eigenvalue weighted by Crippen LogP contribution is -1.96. The van der Waals surface area contributed by atoms with Gasteiger partial charge in [0.1, 0.15) is 5.82 Å². The molecule has 0 aliphatic carbocycles. The summed E-state index contributed by atoms with van der Waals surface area (Å²) < 4.78 is 1.87. The van der Waals surface area contributed by atoms with Crippen molar-refractivity contribution in [1.29, 1.82) is 0 Å². The number of alkyl halides is 1. The van der Waals surface area contributed by atoms with Crippen molar-refractivity contribution in [2.45, 2.75) is 5.88 Å². The standard InChI is InChI=1S/C10H9Cl2N3/c1-15-9(6-11)13-14-10(15)7-2-4-8(12)5-3-7/h2-5H,6H2,1H3. The number of hydrogen-bond donors (Lipinski definition) is 0. The van der Waals surface area contributed by atoms with E-state index in [-0.39, 0.29) is 0 Å². The van der Waals surface area contributed by atoms with Gasteiger partial charge in [-0.3, -0.25) is 0 Å². The molecule has 0 spiro atoms. The Morgan fingerprint density at radius 3 is 2.40 bits per heavy atom. The first-order chi connectivity index (χ1) is 7.22. The zero-order valence-electron chi connectivity index (χ0n) is 8.11. The van der Waals surface area contributed by atoms with Gasteiger partial charge in [0.25, 0.3) is 0 Å². The highest BCUT2D eigenvalue weighted by atomic mass is 35.5. The van der Waals surface area contributed by atoms with E-state index in [0.717, 1.165) is 17.2 Å². The van der Waals surface area contributed by atoms with Crippen molar-refractivity contribution in [3.05, 3.63) is 35.1 Å². The summed E-state index contributed by atoms with van der Waals surface area (Å²) in [6.45, 7) is 0. The number of hydrogen-bond acceptors (Lipinski definition) is 2. The second-order valence-electron chi connectivity index (χ2n) is 3.14. The van der Waals surface area contributed by atoms with Crippen LogP contribution in [0.5, 0.6) is 0 Å². The van der Waals surface area contributed by atoms with Gasteiger partial charge in [0.15, 0.2) is 5.82 Å². The summed E-state index contributed by atoms with van der Waals surface area (Å²) in [6.07, 6.45) is 0. The third kappa shape index (κ3) is 1.98. The van der Waals surface area contributed by atoms with Gasteiger partial charge in [-0.25, -0.2) is 0 Å². The first-order valence-corrected chi connectivity index (χ1v) is 5.34. The number of halogens is 2. The molecule has 0 saturated heterocycles. The van der Waals surface area contributed by atoms with Crippen LogP contribution in [0.25, 0.3) is 11.4 Å². The first kappa shape index (κ1) is 10.5. The molecule has 1 aromatic carbocycles. The van der Waals surface area contributed by atoms with Gasteiger partial charge < -0.3 is 4.57 Å². The smallest absolute Gasteiger partial charge is 0.163 e. The minimum absolute atomic E-state index is 0.358. The van der Waals surface area contributed by atoms with Crippen LogP contribution in [0.4, 0.5) is 0 Å². The van der Waals surface area contributed by atoms with Gasteiger partial charge in [0, 0.05) is 17.6 Å². The van der Waals surface area contributed by atoms with E-state index in [1.165, 1.54) is 0 Å². The number of nitrogens with zero attached hydrogens (tertiary/aromatic N) is 3. The average molecular weight is 242 g/mol. The van der Waals surface area contributed by atoms with Crippen molar-refractivity contribution in [2.24, 2.45) is 7.05 Å². The molecule has 0 fully saturated rings. The maximum atomic E-state index is 5.81. The SMILES string of the molecule is Cn1c(CCl)nnc1-c1ccc(Cl)cc1. The van der Waals surface area contributed by atoms with Crippen molar-refractivity contribution in [3.8, 4) is 11.4 Å². The van der Waals surface area contributed by atoms with Crippen LogP contribution in [0.1, 0.15) is 5.82 Å². The normalized spacial score (nSPS) is 10.6. The summed E-state index contributed by atoms with van der Waals surface area (Å²) in [6, 6.07) is 7.46. The van der Waals surface area contributed by atoms with Crippen LogP contribution in [-0.4, -0.2) is 14.8 Å². The first-order valence-electron chi connectivity index (χ1n) is 4.42. The molecule has 15 heavy (non-hydrogen) atoms. The van der Waals surface area contributed by atoms with Crippen molar-refractivity contribution in [3.63, 3.8) is 0 Å². The molecule has 0 aliphatic rings. The van der Waals surface area contributed by atoms with E-state index in [4.69, 9.17) is 23.2 Å². The van der Waals surface area contributed by atoms with Crippen molar-refractivity contribution in [2.75, 3.05) is 0 Å². The molecule has 2 aromatic rings. The molecule has 3 nitrogen and oxygen atoms in total. The second-order valence-corrected chi connectivity index (χ2v) is 3.84. The Bertz CT molecular complexity index is 462. The maximum Gasteiger partial charge on any atom is 0.163 e. The molecule has 0 amide bonds. The van der Waals surface area contributed by atoms with Gasteiger partial charge in [-0.2, -0.15) is 0 Å². The molecule has 0 N–H and O–H groups in total. The summed E-state index contributed by atoms with van der Waals surface area (Å²) in [5.74, 6) is 1.90. The van der Waals surface area contributed by atoms with E-state index >= 15 is 0 Å². The third-order valence-corrected chi connectivity index (χ3v) is 2.68. The molecule has 0 radical (unpaired) electrons. The summed E-state index contributed by atoms with van der Waals surface area (Å²) in [7, 11) is 1.89. The number of rotatable bonds is 2. The fraction of sp³-hybridized carbons (Fsp3) is 0.200. The van der Waals surface area contributed by atoms with Crippen molar-refractivity contribution < 1.29 is 0 Å². The van der Waals surface area contributed by atoms with Gasteiger partial charge in [0.2, 0.25) is 0 Å². The highest BCUT2D eigenvalue weighted by Gasteiger charge is 2.09. The molecular weight excluding hydrogens is 233 g/mol.